The molecule has 1 aliphatic heterocycles. The molecule has 1 aliphatic carbocycles. The van der Waals surface area contributed by atoms with Gasteiger partial charge in [0.1, 0.15) is 5.82 Å². The summed E-state index contributed by atoms with van der Waals surface area (Å²) in [5.41, 5.74) is 6.80. The number of nitrogen functional groups attached to an aromatic ring is 1. The molecule has 11 nitrogen and oxygen atoms in total. The highest BCUT2D eigenvalue weighted by Crippen LogP contribution is 2.20. The number of nitrogens with one attached hydrogen (secondary N) is 2. The molecule has 0 radical (unpaired) electrons. The summed E-state index contributed by atoms with van der Waals surface area (Å²) in [5, 5.41) is 13.0. The van der Waals surface area contributed by atoms with Crippen molar-refractivity contribution < 1.29 is 32.7 Å². The van der Waals surface area contributed by atoms with Crippen LogP contribution in [0.2, 0.25) is 0 Å². The van der Waals surface area contributed by atoms with Crippen molar-refractivity contribution in [2.75, 3.05) is 42.1 Å². The Bertz CT molecular complexity index is 1070. The number of hydrogen-bond donors (Lipinski definition) is 4. The molecule has 1 saturated heterocycles. The number of rotatable bonds is 4. The molecule has 2 aromatic rings. The summed E-state index contributed by atoms with van der Waals surface area (Å²) in [6.45, 7) is 2.45. The van der Waals surface area contributed by atoms with Crippen molar-refractivity contribution in [1.82, 2.24) is 20.2 Å². The van der Waals surface area contributed by atoms with Gasteiger partial charge in [0.05, 0.1) is 0 Å². The van der Waals surface area contributed by atoms with Crippen LogP contribution in [0.3, 0.4) is 0 Å². The number of hydrogen-bond acceptors (Lipinski definition) is 7. The van der Waals surface area contributed by atoms with Crippen LogP contribution < -0.4 is 21.3 Å². The first-order chi connectivity index (χ1) is 16.5. The van der Waals surface area contributed by atoms with Crippen molar-refractivity contribution in [3.8, 4) is 0 Å². The average molecular weight is 495 g/mol. The van der Waals surface area contributed by atoms with E-state index in [0.717, 1.165) is 18.7 Å². The predicted octanol–water partition coefficient (Wildman–Crippen LogP) is 1.94. The van der Waals surface area contributed by atoms with Crippen molar-refractivity contribution >= 4 is 35.4 Å². The number of benzene rings is 1. The summed E-state index contributed by atoms with van der Waals surface area (Å²) in [6.07, 6.45) is -1.38. The van der Waals surface area contributed by atoms with Crippen LogP contribution >= 0.6 is 0 Å². The van der Waals surface area contributed by atoms with Gasteiger partial charge in [0.15, 0.2) is 0 Å². The monoisotopic (exact) mass is 495 g/mol. The number of carbonyl (C=O) groups excluding carboxylic acids is 2. The fourth-order valence-corrected chi connectivity index (χ4v) is 3.12. The summed E-state index contributed by atoms with van der Waals surface area (Å²) >= 11 is 0. The third kappa shape index (κ3) is 7.72. The molecule has 1 aromatic heterocycles. The molecule has 0 unspecified atom stereocenters. The third-order valence-electron chi connectivity index (χ3n) is 5.08. The number of aliphatic carboxylic acids is 1. The van der Waals surface area contributed by atoms with E-state index in [2.05, 4.69) is 25.5 Å². The lowest BCUT2D eigenvalue weighted by Crippen LogP contribution is -2.50. The molecule has 0 bridgehead atoms. The van der Waals surface area contributed by atoms with Gasteiger partial charge in [0.2, 0.25) is 5.95 Å². The maximum Gasteiger partial charge on any atom is 0.490 e. The van der Waals surface area contributed by atoms with Crippen molar-refractivity contribution in [3.63, 3.8) is 0 Å². The van der Waals surface area contributed by atoms with Gasteiger partial charge in [-0.2, -0.15) is 18.2 Å². The zero-order valence-electron chi connectivity index (χ0n) is 18.5. The number of piperazine rings is 1. The highest BCUT2D eigenvalue weighted by atomic mass is 19.4. The van der Waals surface area contributed by atoms with Crippen molar-refractivity contribution in [1.29, 1.82) is 0 Å². The number of carbonyl (C=O) groups is 3. The Kier molecular flexibility index (Phi) is 7.94. The van der Waals surface area contributed by atoms with E-state index in [-0.39, 0.29) is 17.9 Å². The van der Waals surface area contributed by atoms with E-state index in [1.165, 1.54) is 0 Å². The first-order valence-electron chi connectivity index (χ1n) is 10.6. The molecule has 188 valence electrons. The molecule has 4 rings (SSSR count). The zero-order chi connectivity index (χ0) is 25.6. The van der Waals surface area contributed by atoms with E-state index in [9.17, 15) is 22.8 Å². The summed E-state index contributed by atoms with van der Waals surface area (Å²) in [6, 6.07) is 8.94. The van der Waals surface area contributed by atoms with Gasteiger partial charge >= 0.3 is 18.2 Å². The number of nitrogens with zero attached hydrogens (tertiary/aromatic N) is 4. The molecule has 35 heavy (non-hydrogen) atoms. The molecular formula is C21H24F3N7O4. The second-order valence-electron chi connectivity index (χ2n) is 7.81. The number of anilines is 3. The molecule has 5 N–H and O–H groups in total. The quantitative estimate of drug-likeness (QED) is 0.502. The van der Waals surface area contributed by atoms with Crippen molar-refractivity contribution in [3.05, 3.63) is 42.1 Å². The van der Waals surface area contributed by atoms with E-state index in [4.69, 9.17) is 15.6 Å². The SMILES string of the molecule is Nc1nccc(N2CCN(C(=O)Nc3cccc(C(=O)NC4CC4)c3)CC2)n1.O=C(O)C(F)(F)F. The number of urea groups is 1. The number of carboxylic acids is 1. The molecule has 2 fully saturated rings. The lowest BCUT2D eigenvalue weighted by molar-refractivity contribution is -0.192. The molecule has 2 heterocycles. The lowest BCUT2D eigenvalue weighted by atomic mass is 10.2. The average Bonchev–Trinajstić information content (AvgIpc) is 3.63. The van der Waals surface area contributed by atoms with Gasteiger partial charge in [-0.1, -0.05) is 6.07 Å². The summed E-state index contributed by atoms with van der Waals surface area (Å²) in [4.78, 5) is 45.6. The van der Waals surface area contributed by atoms with Gasteiger partial charge in [-0.3, -0.25) is 4.79 Å². The van der Waals surface area contributed by atoms with Gasteiger partial charge < -0.3 is 31.3 Å². The molecule has 2 aliphatic rings. The standard InChI is InChI=1S/C19H23N7O2.C2HF3O2/c20-18-21-7-6-16(24-18)25-8-10-26(11-9-25)19(28)23-15-3-1-2-13(12-15)17(27)22-14-4-5-14;3-2(4,5)1(6)7/h1-3,6-7,12,14H,4-5,8-11H2,(H,22,27)(H,23,28)(H2,20,21,24);(H,6,7). The maximum absolute atomic E-state index is 12.6. The molecule has 3 amide bonds. The van der Waals surface area contributed by atoms with Crippen LogP contribution in [0, 0.1) is 0 Å². The minimum absolute atomic E-state index is 0.101. The molecule has 1 saturated carbocycles. The highest BCUT2D eigenvalue weighted by Gasteiger charge is 2.38. The molecule has 1 aromatic carbocycles. The summed E-state index contributed by atoms with van der Waals surface area (Å²) in [7, 11) is 0. The lowest BCUT2D eigenvalue weighted by Gasteiger charge is -2.35. The number of amides is 3. The van der Waals surface area contributed by atoms with Gasteiger partial charge in [0.25, 0.3) is 5.91 Å². The van der Waals surface area contributed by atoms with Crippen LogP contribution in [0.1, 0.15) is 23.2 Å². The van der Waals surface area contributed by atoms with Gasteiger partial charge in [-0.15, -0.1) is 0 Å². The number of carboxylic acid groups (broad SMARTS) is 1. The van der Waals surface area contributed by atoms with Crippen LogP contribution in [0.15, 0.2) is 36.5 Å². The topological polar surface area (TPSA) is 154 Å². The predicted molar refractivity (Wildman–Crippen MR) is 120 cm³/mol. The summed E-state index contributed by atoms with van der Waals surface area (Å²) in [5.74, 6) is -1.85. The molecule has 0 spiro atoms. The second kappa shape index (κ2) is 10.9. The third-order valence-corrected chi connectivity index (χ3v) is 5.08. The van der Waals surface area contributed by atoms with Crippen LogP contribution in [0.25, 0.3) is 0 Å². The van der Waals surface area contributed by atoms with Crippen LogP contribution in [0.5, 0.6) is 0 Å². The van der Waals surface area contributed by atoms with E-state index in [1.807, 2.05) is 6.07 Å². The maximum atomic E-state index is 12.6. The Morgan fingerprint density at radius 2 is 1.74 bits per heavy atom. The Labute approximate surface area is 198 Å². The van der Waals surface area contributed by atoms with Crippen LogP contribution in [0.4, 0.5) is 35.4 Å². The Morgan fingerprint density at radius 3 is 2.31 bits per heavy atom. The smallest absolute Gasteiger partial charge is 0.475 e. The number of alkyl halides is 3. The second-order valence-corrected chi connectivity index (χ2v) is 7.81. The van der Waals surface area contributed by atoms with Crippen molar-refractivity contribution in [2.45, 2.75) is 25.1 Å². The zero-order valence-corrected chi connectivity index (χ0v) is 18.5. The van der Waals surface area contributed by atoms with Gasteiger partial charge in [-0.25, -0.2) is 14.6 Å². The van der Waals surface area contributed by atoms with Gasteiger partial charge in [-0.05, 0) is 37.1 Å². The fraction of sp³-hybridized carbons (Fsp3) is 0.381. The Hall–Kier alpha value is -4.10. The first kappa shape index (κ1) is 25.5. The van der Waals surface area contributed by atoms with E-state index >= 15 is 0 Å². The number of halogens is 3. The van der Waals surface area contributed by atoms with E-state index in [1.54, 1.807) is 35.4 Å². The largest absolute Gasteiger partial charge is 0.490 e. The molecular weight excluding hydrogens is 471 g/mol. The van der Waals surface area contributed by atoms with E-state index < -0.39 is 12.1 Å². The Morgan fingerprint density at radius 1 is 1.09 bits per heavy atom. The first-order valence-corrected chi connectivity index (χ1v) is 10.6. The van der Waals surface area contributed by atoms with Crippen LogP contribution in [-0.2, 0) is 4.79 Å². The number of nitrogens with two attached hydrogens (primary N) is 1. The Balaban J connectivity index is 0.000000429. The van der Waals surface area contributed by atoms with Gasteiger partial charge in [0, 0.05) is 49.7 Å². The van der Waals surface area contributed by atoms with Crippen LogP contribution in [-0.4, -0.2) is 76.3 Å². The van der Waals surface area contributed by atoms with Crippen molar-refractivity contribution in [2.24, 2.45) is 0 Å². The molecule has 14 heteroatoms. The summed E-state index contributed by atoms with van der Waals surface area (Å²) < 4.78 is 31.7. The minimum Gasteiger partial charge on any atom is -0.475 e. The highest BCUT2D eigenvalue weighted by molar-refractivity contribution is 5.97. The van der Waals surface area contributed by atoms with E-state index in [0.29, 0.717) is 43.5 Å². The normalized spacial score (nSPS) is 15.5. The minimum atomic E-state index is -5.08. The number of aromatic nitrogens is 2. The molecule has 0 atom stereocenters. The fourth-order valence-electron chi connectivity index (χ4n) is 3.12.